The molecule has 1 N–H and O–H groups in total. The summed E-state index contributed by atoms with van der Waals surface area (Å²) in [7, 11) is 0. The molecule has 1 saturated heterocycles. The summed E-state index contributed by atoms with van der Waals surface area (Å²) in [5.41, 5.74) is -1.36. The van der Waals surface area contributed by atoms with Crippen molar-refractivity contribution in [3.63, 3.8) is 0 Å². The number of amides is 1. The fraction of sp³-hybridized carbons (Fsp3) is 0.915. The van der Waals surface area contributed by atoms with Gasteiger partial charge in [-0.05, 0) is 19.3 Å². The lowest BCUT2D eigenvalue weighted by molar-refractivity contribution is -0.159. The third kappa shape index (κ3) is 32.9. The van der Waals surface area contributed by atoms with Crippen molar-refractivity contribution in [3.8, 4) is 0 Å². The SMILES string of the molecule is CCCCCCCCCCCCC(=O)OCC(COC(=O)CCCCCCCCCCCC)(COC(=O)CCCCCCCCCCCC)NC(=O)CN1CC1. The minimum absolute atomic E-state index is 0.188. The second-order valence-electron chi connectivity index (χ2n) is 16.9. The van der Waals surface area contributed by atoms with Crippen molar-refractivity contribution in [2.75, 3.05) is 39.5 Å². The normalized spacial score (nSPS) is 12.8. The van der Waals surface area contributed by atoms with Crippen LogP contribution in [0.15, 0.2) is 0 Å². The molecular formula is C47H88N2O7. The Labute approximate surface area is 344 Å². The number of ether oxygens (including phenoxy) is 3. The van der Waals surface area contributed by atoms with E-state index in [0.29, 0.717) is 0 Å². The van der Waals surface area contributed by atoms with Gasteiger partial charge in [-0.15, -0.1) is 0 Å². The van der Waals surface area contributed by atoms with Gasteiger partial charge in [-0.3, -0.25) is 24.1 Å². The Bertz CT molecular complexity index is 872. The highest BCUT2D eigenvalue weighted by Gasteiger charge is 2.38. The van der Waals surface area contributed by atoms with Gasteiger partial charge >= 0.3 is 17.9 Å². The Hall–Kier alpha value is -2.16. The lowest BCUT2D eigenvalue weighted by atomic mass is 10.0. The molecule has 9 heteroatoms. The summed E-state index contributed by atoms with van der Waals surface area (Å²) in [5, 5.41) is 2.98. The van der Waals surface area contributed by atoms with Crippen LogP contribution in [0.3, 0.4) is 0 Å². The molecule has 1 rings (SSSR count). The van der Waals surface area contributed by atoms with Gasteiger partial charge in [-0.2, -0.15) is 0 Å². The largest absolute Gasteiger partial charge is 0.463 e. The molecule has 0 bridgehead atoms. The fourth-order valence-electron chi connectivity index (χ4n) is 7.14. The first-order chi connectivity index (χ1) is 27.3. The molecule has 56 heavy (non-hydrogen) atoms. The minimum Gasteiger partial charge on any atom is -0.463 e. The van der Waals surface area contributed by atoms with E-state index in [1.54, 1.807) is 0 Å². The molecule has 0 unspecified atom stereocenters. The molecule has 1 fully saturated rings. The second kappa shape index (κ2) is 37.1. The van der Waals surface area contributed by atoms with E-state index in [1.165, 1.54) is 135 Å². The standard InChI is InChI=1S/C47H88N2O7/c1-4-7-10-13-16-19-22-25-28-31-34-44(51)54-40-47(48-43(50)39-49-37-38-49,41-55-45(52)35-32-29-26-23-20-17-14-11-8-5-2)42-56-46(53)36-33-30-27-24-21-18-15-12-9-6-3/h4-42H2,1-3H3,(H,48,50). The molecule has 0 aromatic rings. The van der Waals surface area contributed by atoms with Gasteiger partial charge in [-0.25, -0.2) is 0 Å². The van der Waals surface area contributed by atoms with E-state index < -0.39 is 5.54 Å². The van der Waals surface area contributed by atoms with Gasteiger partial charge in [0.15, 0.2) is 0 Å². The number of nitrogens with zero attached hydrogens (tertiary/aromatic N) is 1. The fourth-order valence-corrected chi connectivity index (χ4v) is 7.14. The summed E-state index contributed by atoms with van der Waals surface area (Å²) in [6.45, 7) is 7.89. The van der Waals surface area contributed by atoms with Crippen molar-refractivity contribution >= 4 is 23.8 Å². The van der Waals surface area contributed by atoms with Crippen molar-refractivity contribution in [2.24, 2.45) is 0 Å². The van der Waals surface area contributed by atoms with Crippen LogP contribution >= 0.6 is 0 Å². The van der Waals surface area contributed by atoms with Crippen LogP contribution in [0.25, 0.3) is 0 Å². The number of hydrogen-bond donors (Lipinski definition) is 1. The maximum atomic E-state index is 13.2. The van der Waals surface area contributed by atoms with Crippen molar-refractivity contribution < 1.29 is 33.4 Å². The molecule has 1 heterocycles. The smallest absolute Gasteiger partial charge is 0.305 e. The molecule has 9 nitrogen and oxygen atoms in total. The molecule has 0 radical (unpaired) electrons. The molecular weight excluding hydrogens is 705 g/mol. The molecule has 1 amide bonds. The number of unbranched alkanes of at least 4 members (excludes halogenated alkanes) is 27. The van der Waals surface area contributed by atoms with Crippen LogP contribution in [-0.4, -0.2) is 73.7 Å². The van der Waals surface area contributed by atoms with Gasteiger partial charge in [-0.1, -0.05) is 194 Å². The molecule has 1 aliphatic heterocycles. The first-order valence-corrected chi connectivity index (χ1v) is 23.8. The summed E-state index contributed by atoms with van der Waals surface area (Å²) in [6, 6.07) is 0. The first kappa shape index (κ1) is 51.9. The topological polar surface area (TPSA) is 111 Å². The average Bonchev–Trinajstić information content (AvgIpc) is 4.01. The molecule has 328 valence electrons. The number of nitrogens with one attached hydrogen (secondary N) is 1. The molecule has 0 spiro atoms. The zero-order valence-electron chi connectivity index (χ0n) is 36.9. The second-order valence-corrected chi connectivity index (χ2v) is 16.9. The summed E-state index contributed by atoms with van der Waals surface area (Å²) < 4.78 is 17.3. The van der Waals surface area contributed by atoms with Crippen molar-refractivity contribution in [1.29, 1.82) is 0 Å². The van der Waals surface area contributed by atoms with Crippen LogP contribution in [-0.2, 0) is 33.4 Å². The van der Waals surface area contributed by atoms with Gasteiger partial charge in [0.2, 0.25) is 5.91 Å². The molecule has 0 aliphatic carbocycles. The maximum Gasteiger partial charge on any atom is 0.305 e. The number of rotatable bonds is 42. The number of hydrogen-bond acceptors (Lipinski definition) is 8. The van der Waals surface area contributed by atoms with Crippen LogP contribution < -0.4 is 5.32 Å². The Morgan fingerprint density at radius 3 is 0.911 bits per heavy atom. The molecule has 1 aliphatic rings. The predicted octanol–water partition coefficient (Wildman–Crippen LogP) is 11.7. The Kier molecular flexibility index (Phi) is 34.4. The monoisotopic (exact) mass is 793 g/mol. The highest BCUT2D eigenvalue weighted by atomic mass is 16.6. The van der Waals surface area contributed by atoms with Crippen LogP contribution in [0.1, 0.15) is 233 Å². The number of esters is 3. The first-order valence-electron chi connectivity index (χ1n) is 23.8. The van der Waals surface area contributed by atoms with Crippen LogP contribution in [0.5, 0.6) is 0 Å². The van der Waals surface area contributed by atoms with E-state index in [2.05, 4.69) is 26.1 Å². The van der Waals surface area contributed by atoms with E-state index in [0.717, 1.165) is 70.9 Å². The van der Waals surface area contributed by atoms with Gasteiger partial charge in [0.05, 0.1) is 6.54 Å². The van der Waals surface area contributed by atoms with Crippen molar-refractivity contribution in [2.45, 2.75) is 238 Å². The van der Waals surface area contributed by atoms with E-state index in [4.69, 9.17) is 14.2 Å². The minimum atomic E-state index is -1.36. The van der Waals surface area contributed by atoms with Gasteiger partial charge < -0.3 is 19.5 Å². The van der Waals surface area contributed by atoms with E-state index >= 15 is 0 Å². The van der Waals surface area contributed by atoms with E-state index in [9.17, 15) is 19.2 Å². The summed E-state index contributed by atoms with van der Waals surface area (Å²) in [6.07, 6.45) is 36.0. The molecule has 0 saturated carbocycles. The predicted molar refractivity (Wildman–Crippen MR) is 230 cm³/mol. The molecule has 0 aromatic heterocycles. The highest BCUT2D eigenvalue weighted by Crippen LogP contribution is 2.17. The van der Waals surface area contributed by atoms with E-state index in [1.807, 2.05) is 4.90 Å². The summed E-state index contributed by atoms with van der Waals surface area (Å²) >= 11 is 0. The summed E-state index contributed by atoms with van der Waals surface area (Å²) in [4.78, 5) is 54.0. The number of carbonyl (C=O) groups is 4. The van der Waals surface area contributed by atoms with Crippen molar-refractivity contribution in [3.05, 3.63) is 0 Å². The van der Waals surface area contributed by atoms with Crippen LogP contribution in [0, 0.1) is 0 Å². The van der Waals surface area contributed by atoms with Crippen molar-refractivity contribution in [1.82, 2.24) is 10.2 Å². The Morgan fingerprint density at radius 1 is 0.411 bits per heavy atom. The van der Waals surface area contributed by atoms with Gasteiger partial charge in [0.1, 0.15) is 25.4 Å². The Balaban J connectivity index is 2.69. The van der Waals surface area contributed by atoms with Gasteiger partial charge in [0, 0.05) is 32.4 Å². The quantitative estimate of drug-likeness (QED) is 0.0281. The third-order valence-electron chi connectivity index (χ3n) is 11.0. The number of carbonyl (C=O) groups excluding carboxylic acids is 4. The average molecular weight is 793 g/mol. The van der Waals surface area contributed by atoms with Crippen LogP contribution in [0.2, 0.25) is 0 Å². The Morgan fingerprint density at radius 2 is 0.661 bits per heavy atom. The molecule has 0 atom stereocenters. The van der Waals surface area contributed by atoms with E-state index in [-0.39, 0.29) is 69.4 Å². The maximum absolute atomic E-state index is 13.2. The molecule has 0 aromatic carbocycles. The zero-order valence-corrected chi connectivity index (χ0v) is 36.9. The third-order valence-corrected chi connectivity index (χ3v) is 11.0. The van der Waals surface area contributed by atoms with Gasteiger partial charge in [0.25, 0.3) is 0 Å². The highest BCUT2D eigenvalue weighted by molar-refractivity contribution is 5.79. The zero-order chi connectivity index (χ0) is 40.8. The van der Waals surface area contributed by atoms with Crippen LogP contribution in [0.4, 0.5) is 0 Å². The lowest BCUT2D eigenvalue weighted by Crippen LogP contribution is -2.60. The summed E-state index contributed by atoms with van der Waals surface area (Å²) in [5.74, 6) is -1.35. The lowest BCUT2D eigenvalue weighted by Gasteiger charge is -2.33.